The number of aryl methyl sites for hydroxylation is 1. The number of rotatable bonds is 5. The van der Waals surface area contributed by atoms with E-state index in [-0.39, 0.29) is 10.8 Å². The van der Waals surface area contributed by atoms with Gasteiger partial charge in [-0.25, -0.2) is 4.39 Å². The molecule has 0 fully saturated rings. The SMILES string of the molecule is CCC(CCc1cccc(Cl)c1F)NC. The summed E-state index contributed by atoms with van der Waals surface area (Å²) < 4.78 is 13.5. The summed E-state index contributed by atoms with van der Waals surface area (Å²) in [7, 11) is 1.93. The van der Waals surface area contributed by atoms with Crippen molar-refractivity contribution in [2.24, 2.45) is 0 Å². The second kappa shape index (κ2) is 6.09. The maximum Gasteiger partial charge on any atom is 0.144 e. The lowest BCUT2D eigenvalue weighted by Gasteiger charge is -2.13. The van der Waals surface area contributed by atoms with Gasteiger partial charge in [0.05, 0.1) is 5.02 Å². The summed E-state index contributed by atoms with van der Waals surface area (Å²) in [5, 5.41) is 3.41. The van der Waals surface area contributed by atoms with Crippen LogP contribution in [0.2, 0.25) is 5.02 Å². The molecule has 1 rings (SSSR count). The highest BCUT2D eigenvalue weighted by atomic mass is 35.5. The van der Waals surface area contributed by atoms with E-state index in [0.29, 0.717) is 11.6 Å². The van der Waals surface area contributed by atoms with Crippen LogP contribution in [0.15, 0.2) is 18.2 Å². The van der Waals surface area contributed by atoms with E-state index in [0.717, 1.165) is 19.3 Å². The number of hydrogen-bond donors (Lipinski definition) is 1. The van der Waals surface area contributed by atoms with Gasteiger partial charge in [0, 0.05) is 6.04 Å². The van der Waals surface area contributed by atoms with E-state index in [2.05, 4.69) is 12.2 Å². The van der Waals surface area contributed by atoms with Gasteiger partial charge >= 0.3 is 0 Å². The van der Waals surface area contributed by atoms with E-state index in [9.17, 15) is 4.39 Å². The minimum Gasteiger partial charge on any atom is -0.317 e. The van der Waals surface area contributed by atoms with Gasteiger partial charge in [0.25, 0.3) is 0 Å². The Hall–Kier alpha value is -0.600. The zero-order valence-corrected chi connectivity index (χ0v) is 9.94. The van der Waals surface area contributed by atoms with Gasteiger partial charge in [-0.15, -0.1) is 0 Å². The zero-order valence-electron chi connectivity index (χ0n) is 9.19. The first-order valence-electron chi connectivity index (χ1n) is 5.29. The van der Waals surface area contributed by atoms with Crippen LogP contribution in [0.3, 0.4) is 0 Å². The molecule has 0 amide bonds. The lowest BCUT2D eigenvalue weighted by Crippen LogP contribution is -2.24. The third-order valence-electron chi connectivity index (χ3n) is 2.69. The third kappa shape index (κ3) is 3.47. The lowest BCUT2D eigenvalue weighted by molar-refractivity contribution is 0.501. The summed E-state index contributed by atoms with van der Waals surface area (Å²) >= 11 is 5.71. The van der Waals surface area contributed by atoms with Gasteiger partial charge in [-0.2, -0.15) is 0 Å². The molecule has 0 saturated heterocycles. The Morgan fingerprint density at radius 3 is 2.80 bits per heavy atom. The molecule has 1 N–H and O–H groups in total. The summed E-state index contributed by atoms with van der Waals surface area (Å²) in [6.45, 7) is 2.12. The standard InChI is InChI=1S/C12H17ClFN/c1-3-10(15-2)8-7-9-5-4-6-11(13)12(9)14/h4-6,10,15H,3,7-8H2,1-2H3. The topological polar surface area (TPSA) is 12.0 Å². The average molecular weight is 230 g/mol. The summed E-state index contributed by atoms with van der Waals surface area (Å²) in [4.78, 5) is 0. The summed E-state index contributed by atoms with van der Waals surface area (Å²) in [6.07, 6.45) is 2.72. The highest BCUT2D eigenvalue weighted by molar-refractivity contribution is 6.30. The van der Waals surface area contributed by atoms with Crippen molar-refractivity contribution >= 4 is 11.6 Å². The molecule has 1 aromatic rings. The van der Waals surface area contributed by atoms with Gasteiger partial charge in [0.2, 0.25) is 0 Å². The summed E-state index contributed by atoms with van der Waals surface area (Å²) in [6, 6.07) is 5.61. The molecule has 0 aliphatic heterocycles. The maximum atomic E-state index is 13.5. The predicted octanol–water partition coefficient (Wildman–Crippen LogP) is 3.41. The van der Waals surface area contributed by atoms with Gasteiger partial charge in [-0.3, -0.25) is 0 Å². The molecule has 0 heterocycles. The van der Waals surface area contributed by atoms with Crippen molar-refractivity contribution in [3.8, 4) is 0 Å². The first kappa shape index (κ1) is 12.5. The molecular weight excluding hydrogens is 213 g/mol. The Balaban J connectivity index is 2.61. The second-order valence-electron chi connectivity index (χ2n) is 3.65. The highest BCUT2D eigenvalue weighted by Crippen LogP contribution is 2.19. The van der Waals surface area contributed by atoms with Gasteiger partial charge in [-0.1, -0.05) is 30.7 Å². The monoisotopic (exact) mass is 229 g/mol. The first-order valence-corrected chi connectivity index (χ1v) is 5.67. The Kier molecular flexibility index (Phi) is 5.06. The summed E-state index contributed by atoms with van der Waals surface area (Å²) in [5.74, 6) is -0.273. The Morgan fingerprint density at radius 1 is 1.47 bits per heavy atom. The van der Waals surface area contributed by atoms with E-state index in [1.807, 2.05) is 7.05 Å². The number of benzene rings is 1. The molecule has 84 valence electrons. The van der Waals surface area contributed by atoms with E-state index in [1.54, 1.807) is 18.2 Å². The van der Waals surface area contributed by atoms with E-state index >= 15 is 0 Å². The fraction of sp³-hybridized carbons (Fsp3) is 0.500. The Morgan fingerprint density at radius 2 is 2.20 bits per heavy atom. The molecule has 15 heavy (non-hydrogen) atoms. The van der Waals surface area contributed by atoms with Gasteiger partial charge in [0.1, 0.15) is 5.82 Å². The van der Waals surface area contributed by atoms with Crippen LogP contribution in [0.4, 0.5) is 4.39 Å². The predicted molar refractivity (Wildman–Crippen MR) is 62.9 cm³/mol. The molecule has 0 aliphatic carbocycles. The van der Waals surface area contributed by atoms with Crippen LogP contribution in [-0.2, 0) is 6.42 Å². The second-order valence-corrected chi connectivity index (χ2v) is 4.05. The molecular formula is C12H17ClFN. The van der Waals surface area contributed by atoms with Crippen LogP contribution in [0, 0.1) is 5.82 Å². The maximum absolute atomic E-state index is 13.5. The van der Waals surface area contributed by atoms with E-state index in [4.69, 9.17) is 11.6 Å². The highest BCUT2D eigenvalue weighted by Gasteiger charge is 2.08. The molecule has 0 spiro atoms. The molecule has 0 bridgehead atoms. The third-order valence-corrected chi connectivity index (χ3v) is 2.99. The van der Waals surface area contributed by atoms with Crippen LogP contribution in [0.25, 0.3) is 0 Å². The number of hydrogen-bond acceptors (Lipinski definition) is 1. The fourth-order valence-electron chi connectivity index (χ4n) is 1.62. The van der Waals surface area contributed by atoms with Crippen LogP contribution >= 0.6 is 11.6 Å². The summed E-state index contributed by atoms with van der Waals surface area (Å²) in [5.41, 5.74) is 0.705. The average Bonchev–Trinajstić information content (AvgIpc) is 2.25. The van der Waals surface area contributed by atoms with Crippen LogP contribution < -0.4 is 5.32 Å². The fourth-order valence-corrected chi connectivity index (χ4v) is 1.82. The van der Waals surface area contributed by atoms with Crippen LogP contribution in [0.5, 0.6) is 0 Å². The molecule has 0 saturated carbocycles. The molecule has 3 heteroatoms. The van der Waals surface area contributed by atoms with Crippen molar-refractivity contribution in [2.45, 2.75) is 32.2 Å². The van der Waals surface area contributed by atoms with Crippen molar-refractivity contribution in [1.29, 1.82) is 0 Å². The van der Waals surface area contributed by atoms with Crippen molar-refractivity contribution in [1.82, 2.24) is 5.32 Å². The van der Waals surface area contributed by atoms with Gasteiger partial charge in [-0.05, 0) is 37.9 Å². The molecule has 1 unspecified atom stereocenters. The molecule has 1 aromatic carbocycles. The van der Waals surface area contributed by atoms with Crippen LogP contribution in [0.1, 0.15) is 25.3 Å². The van der Waals surface area contributed by atoms with Crippen molar-refractivity contribution in [3.05, 3.63) is 34.6 Å². The largest absolute Gasteiger partial charge is 0.317 e. The minimum absolute atomic E-state index is 0.213. The lowest BCUT2D eigenvalue weighted by atomic mass is 10.0. The number of nitrogens with one attached hydrogen (secondary N) is 1. The minimum atomic E-state index is -0.273. The van der Waals surface area contributed by atoms with E-state index < -0.39 is 0 Å². The molecule has 1 atom stereocenters. The van der Waals surface area contributed by atoms with Gasteiger partial charge in [0.15, 0.2) is 0 Å². The molecule has 1 nitrogen and oxygen atoms in total. The normalized spacial score (nSPS) is 12.8. The number of halogens is 2. The van der Waals surface area contributed by atoms with Crippen molar-refractivity contribution in [3.63, 3.8) is 0 Å². The van der Waals surface area contributed by atoms with Crippen molar-refractivity contribution in [2.75, 3.05) is 7.05 Å². The molecule has 0 aromatic heterocycles. The van der Waals surface area contributed by atoms with Gasteiger partial charge < -0.3 is 5.32 Å². The van der Waals surface area contributed by atoms with Crippen molar-refractivity contribution < 1.29 is 4.39 Å². The first-order chi connectivity index (χ1) is 7.19. The molecule has 0 radical (unpaired) electrons. The van der Waals surface area contributed by atoms with Crippen LogP contribution in [-0.4, -0.2) is 13.1 Å². The zero-order chi connectivity index (χ0) is 11.3. The molecule has 0 aliphatic rings. The van der Waals surface area contributed by atoms with E-state index in [1.165, 1.54) is 0 Å². The smallest absolute Gasteiger partial charge is 0.144 e. The quantitative estimate of drug-likeness (QED) is 0.816. The Bertz CT molecular complexity index is 310. The Labute approximate surface area is 95.6 Å².